The number of rotatable bonds is 3. The average Bonchev–Trinajstić information content (AvgIpc) is 2.63. The van der Waals surface area contributed by atoms with Crippen LogP contribution in [-0.4, -0.2) is 11.4 Å². The van der Waals surface area contributed by atoms with Gasteiger partial charge in [-0.3, -0.25) is 0 Å². The van der Waals surface area contributed by atoms with Gasteiger partial charge in [0.1, 0.15) is 5.82 Å². The second kappa shape index (κ2) is 5.77. The molecule has 1 nitrogen and oxygen atoms in total. The molecule has 0 spiro atoms. The van der Waals surface area contributed by atoms with E-state index in [0.29, 0.717) is 11.3 Å². The van der Waals surface area contributed by atoms with Gasteiger partial charge in [0.15, 0.2) is 0 Å². The topological polar surface area (TPSA) is 3.24 Å². The van der Waals surface area contributed by atoms with Crippen LogP contribution in [0, 0.1) is 17.2 Å². The summed E-state index contributed by atoms with van der Waals surface area (Å²) in [5, 5.41) is 0. The van der Waals surface area contributed by atoms with E-state index in [-0.39, 0.29) is 5.82 Å². The van der Waals surface area contributed by atoms with Gasteiger partial charge in [-0.25, -0.2) is 4.39 Å². The van der Waals surface area contributed by atoms with Crippen molar-refractivity contribution >= 4 is 6.08 Å². The molecule has 3 aliphatic rings. The zero-order valence-electron chi connectivity index (χ0n) is 14.3. The van der Waals surface area contributed by atoms with Crippen LogP contribution in [0.15, 0.2) is 66.0 Å². The van der Waals surface area contributed by atoms with E-state index < -0.39 is 0 Å². The highest BCUT2D eigenvalue weighted by Gasteiger charge is 2.48. The van der Waals surface area contributed by atoms with Crippen molar-refractivity contribution in [3.63, 3.8) is 0 Å². The van der Waals surface area contributed by atoms with Gasteiger partial charge in [0.25, 0.3) is 0 Å². The molecule has 24 heavy (non-hydrogen) atoms. The van der Waals surface area contributed by atoms with Crippen molar-refractivity contribution in [1.82, 2.24) is 4.90 Å². The second-order valence-electron chi connectivity index (χ2n) is 7.40. The first kappa shape index (κ1) is 15.4. The molecular formula is C22H24FN. The Bertz CT molecular complexity index is 753. The Hall–Kier alpha value is -2.09. The summed E-state index contributed by atoms with van der Waals surface area (Å²) in [6, 6.07) is 6.66. The third-order valence-electron chi connectivity index (χ3n) is 6.11. The maximum absolute atomic E-state index is 13.0. The molecule has 1 aromatic carbocycles. The number of fused-ring (bicyclic) bond motifs is 3. The van der Waals surface area contributed by atoms with Gasteiger partial charge in [-0.15, -0.1) is 6.58 Å². The Morgan fingerprint density at radius 2 is 2.00 bits per heavy atom. The van der Waals surface area contributed by atoms with Crippen LogP contribution in [0.2, 0.25) is 0 Å². The molecule has 0 aromatic heterocycles. The minimum atomic E-state index is -0.189. The van der Waals surface area contributed by atoms with E-state index >= 15 is 0 Å². The zero-order chi connectivity index (χ0) is 16.7. The van der Waals surface area contributed by atoms with Gasteiger partial charge >= 0.3 is 0 Å². The van der Waals surface area contributed by atoms with Crippen molar-refractivity contribution < 1.29 is 4.39 Å². The number of hydrogen-bond donors (Lipinski definition) is 0. The summed E-state index contributed by atoms with van der Waals surface area (Å²) in [4.78, 5) is 2.41. The lowest BCUT2D eigenvalue weighted by Gasteiger charge is -2.48. The molecule has 2 heterocycles. The van der Waals surface area contributed by atoms with Gasteiger partial charge in [-0.05, 0) is 78.9 Å². The first-order valence-electron chi connectivity index (χ1n) is 8.85. The Labute approximate surface area is 143 Å². The van der Waals surface area contributed by atoms with E-state index in [1.807, 2.05) is 12.1 Å². The van der Waals surface area contributed by atoms with E-state index in [9.17, 15) is 4.39 Å². The monoisotopic (exact) mass is 321 g/mol. The van der Waals surface area contributed by atoms with E-state index in [1.165, 1.54) is 42.7 Å². The predicted octanol–water partition coefficient (Wildman–Crippen LogP) is 5.69. The normalized spacial score (nSPS) is 29.0. The Kier molecular flexibility index (Phi) is 3.71. The fraction of sp³-hybridized carbons (Fsp3) is 0.364. The molecule has 0 saturated heterocycles. The average molecular weight is 321 g/mol. The number of nitrogens with zero attached hydrogens (tertiary/aromatic N) is 1. The lowest BCUT2D eigenvalue weighted by molar-refractivity contribution is 0.106. The van der Waals surface area contributed by atoms with Crippen molar-refractivity contribution in [1.29, 1.82) is 0 Å². The summed E-state index contributed by atoms with van der Waals surface area (Å²) in [5.74, 6) is 0.503. The lowest BCUT2D eigenvalue weighted by atomic mass is 9.56. The standard InChI is InChI=1S/C22H24FN/c1-3-22-11-10-20(22)18-14-16(2)21(24(15-18)13-12-22)9-6-17-4-7-19(23)8-5-17/h3-9,15,20H,1,10-14H2,2H3/b9-6+. The fourth-order valence-electron chi connectivity index (χ4n) is 4.53. The number of halogens is 1. The molecule has 0 amide bonds. The summed E-state index contributed by atoms with van der Waals surface area (Å²) < 4.78 is 13.0. The van der Waals surface area contributed by atoms with Crippen LogP contribution in [0.25, 0.3) is 6.08 Å². The molecule has 0 N–H and O–H groups in total. The summed E-state index contributed by atoms with van der Waals surface area (Å²) in [6.45, 7) is 7.42. The number of allylic oxidation sites excluding steroid dienone is 4. The van der Waals surface area contributed by atoms with Crippen LogP contribution in [0.3, 0.4) is 0 Å². The van der Waals surface area contributed by atoms with E-state index in [2.05, 4.69) is 42.8 Å². The Morgan fingerprint density at radius 3 is 2.67 bits per heavy atom. The third-order valence-corrected chi connectivity index (χ3v) is 6.11. The first-order chi connectivity index (χ1) is 11.6. The maximum Gasteiger partial charge on any atom is 0.123 e. The number of benzene rings is 1. The Balaban J connectivity index is 1.59. The van der Waals surface area contributed by atoms with Crippen molar-refractivity contribution in [3.8, 4) is 0 Å². The second-order valence-corrected chi connectivity index (χ2v) is 7.40. The molecule has 2 atom stereocenters. The van der Waals surface area contributed by atoms with E-state index in [4.69, 9.17) is 0 Å². The van der Waals surface area contributed by atoms with Gasteiger partial charge in [0.2, 0.25) is 0 Å². The molecule has 1 aliphatic carbocycles. The summed E-state index contributed by atoms with van der Waals surface area (Å²) in [5.41, 5.74) is 5.66. The fourth-order valence-corrected chi connectivity index (χ4v) is 4.53. The smallest absolute Gasteiger partial charge is 0.123 e. The zero-order valence-corrected chi connectivity index (χ0v) is 14.3. The molecule has 4 rings (SSSR count). The molecular weight excluding hydrogens is 297 g/mol. The van der Waals surface area contributed by atoms with Crippen molar-refractivity contribution in [2.45, 2.75) is 32.6 Å². The van der Waals surface area contributed by atoms with Gasteiger partial charge in [0.05, 0.1) is 0 Å². The van der Waals surface area contributed by atoms with Crippen molar-refractivity contribution in [2.75, 3.05) is 6.54 Å². The van der Waals surface area contributed by atoms with Crippen LogP contribution in [0.5, 0.6) is 0 Å². The molecule has 124 valence electrons. The lowest BCUT2D eigenvalue weighted by Crippen LogP contribution is -2.39. The maximum atomic E-state index is 13.0. The van der Waals surface area contributed by atoms with Crippen LogP contribution >= 0.6 is 0 Å². The third kappa shape index (κ3) is 2.45. The van der Waals surface area contributed by atoms with Crippen molar-refractivity contribution in [3.05, 3.63) is 77.4 Å². The first-order valence-corrected chi connectivity index (χ1v) is 8.85. The highest BCUT2D eigenvalue weighted by molar-refractivity contribution is 5.54. The molecule has 1 aromatic rings. The SMILES string of the molecule is C=CC12CCC1C1=CN(CC2)C(/C=C/c2ccc(F)cc2)=C(C)C1. The molecule has 1 saturated carbocycles. The Morgan fingerprint density at radius 1 is 1.21 bits per heavy atom. The van der Waals surface area contributed by atoms with Gasteiger partial charge < -0.3 is 4.90 Å². The van der Waals surface area contributed by atoms with Gasteiger partial charge in [-0.2, -0.15) is 0 Å². The quantitative estimate of drug-likeness (QED) is 0.647. The molecule has 2 heteroatoms. The van der Waals surface area contributed by atoms with Crippen LogP contribution in [0.1, 0.15) is 38.2 Å². The van der Waals surface area contributed by atoms with Crippen LogP contribution in [-0.2, 0) is 0 Å². The van der Waals surface area contributed by atoms with E-state index in [1.54, 1.807) is 5.57 Å². The molecule has 2 unspecified atom stereocenters. The summed E-state index contributed by atoms with van der Waals surface area (Å²) >= 11 is 0. The molecule has 1 fully saturated rings. The molecule has 2 bridgehead atoms. The predicted molar refractivity (Wildman–Crippen MR) is 97.5 cm³/mol. The van der Waals surface area contributed by atoms with Gasteiger partial charge in [0, 0.05) is 18.4 Å². The van der Waals surface area contributed by atoms with Crippen molar-refractivity contribution in [2.24, 2.45) is 11.3 Å². The largest absolute Gasteiger partial charge is 0.348 e. The van der Waals surface area contributed by atoms with Crippen LogP contribution in [0.4, 0.5) is 4.39 Å². The van der Waals surface area contributed by atoms with Crippen LogP contribution < -0.4 is 0 Å². The summed E-state index contributed by atoms with van der Waals surface area (Å²) in [7, 11) is 0. The molecule has 2 aliphatic heterocycles. The highest BCUT2D eigenvalue weighted by Crippen LogP contribution is 2.57. The number of hydrogen-bond acceptors (Lipinski definition) is 1. The minimum absolute atomic E-state index is 0.189. The molecule has 0 radical (unpaired) electrons. The minimum Gasteiger partial charge on any atom is -0.348 e. The highest BCUT2D eigenvalue weighted by atomic mass is 19.1. The van der Waals surface area contributed by atoms with E-state index in [0.717, 1.165) is 18.5 Å². The van der Waals surface area contributed by atoms with Gasteiger partial charge in [-0.1, -0.05) is 24.3 Å². The summed E-state index contributed by atoms with van der Waals surface area (Å²) in [6.07, 6.45) is 13.7.